The lowest BCUT2D eigenvalue weighted by molar-refractivity contribution is 0.372. The molecule has 0 heterocycles. The maximum Gasteiger partial charge on any atom is 0.160 e. The molecule has 0 aliphatic heterocycles. The van der Waals surface area contributed by atoms with Gasteiger partial charge < -0.3 is 9.84 Å². The number of ether oxygens (including phenoxy) is 1. The highest BCUT2D eigenvalue weighted by atomic mass is 16.5. The summed E-state index contributed by atoms with van der Waals surface area (Å²) >= 11 is 0. The highest BCUT2D eigenvalue weighted by molar-refractivity contribution is 5.59. The normalized spacial score (nSPS) is 23.0. The second-order valence-electron chi connectivity index (χ2n) is 7.42. The molecule has 3 aromatic rings. The number of phenols is 1. The largest absolute Gasteiger partial charge is 0.504 e. The Morgan fingerprint density at radius 1 is 0.846 bits per heavy atom. The minimum Gasteiger partial charge on any atom is -0.504 e. The molecule has 0 saturated heterocycles. The van der Waals surface area contributed by atoms with Crippen LogP contribution in [0.2, 0.25) is 0 Å². The third-order valence-corrected chi connectivity index (χ3v) is 6.21. The minimum absolute atomic E-state index is 0.238. The van der Waals surface area contributed by atoms with E-state index in [9.17, 15) is 5.11 Å². The summed E-state index contributed by atoms with van der Waals surface area (Å²) in [5.74, 6) is 2.02. The van der Waals surface area contributed by atoms with Crippen LogP contribution in [-0.4, -0.2) is 12.2 Å². The fraction of sp³-hybridized carbons (Fsp3) is 0.250. The van der Waals surface area contributed by atoms with Crippen LogP contribution in [0.1, 0.15) is 46.1 Å². The van der Waals surface area contributed by atoms with Crippen LogP contribution in [0.15, 0.2) is 66.7 Å². The van der Waals surface area contributed by atoms with Gasteiger partial charge in [0.05, 0.1) is 7.11 Å². The van der Waals surface area contributed by atoms with Gasteiger partial charge in [0.2, 0.25) is 0 Å². The molecular formula is C24H22O2. The van der Waals surface area contributed by atoms with Gasteiger partial charge in [-0.3, -0.25) is 0 Å². The number of fused-ring (bicyclic) bond motifs is 5. The molecule has 2 aliphatic rings. The molecule has 130 valence electrons. The molecule has 3 atom stereocenters. The monoisotopic (exact) mass is 342 g/mol. The van der Waals surface area contributed by atoms with E-state index in [4.69, 9.17) is 4.74 Å². The van der Waals surface area contributed by atoms with Gasteiger partial charge in [-0.05, 0) is 58.7 Å². The van der Waals surface area contributed by atoms with E-state index in [1.807, 2.05) is 6.07 Å². The standard InChI is InChI=1S/C24H22O2/c1-26-22-14-20-19(13-21(22)25)24-17-10-6-5-7-15(17)11-12-18(24)23(20)16-8-3-2-4-9-16/h2-10,13-14,18,23-25H,11-12H2,1H3/t18-,23-,24-/m0/s1. The van der Waals surface area contributed by atoms with E-state index in [1.54, 1.807) is 7.11 Å². The minimum atomic E-state index is 0.238. The zero-order valence-corrected chi connectivity index (χ0v) is 14.9. The number of aryl methyl sites for hydroxylation is 1. The SMILES string of the molecule is COc1cc2c(cc1O)[C@H]1c3ccccc3CC[C@H]1[C@@H]2c1ccccc1. The first-order chi connectivity index (χ1) is 12.8. The average molecular weight is 342 g/mol. The van der Waals surface area contributed by atoms with Gasteiger partial charge in [0, 0.05) is 11.8 Å². The van der Waals surface area contributed by atoms with Crippen molar-refractivity contribution in [1.29, 1.82) is 0 Å². The van der Waals surface area contributed by atoms with Crippen molar-refractivity contribution in [3.8, 4) is 11.5 Å². The van der Waals surface area contributed by atoms with Crippen molar-refractivity contribution >= 4 is 0 Å². The van der Waals surface area contributed by atoms with Crippen molar-refractivity contribution in [2.45, 2.75) is 24.7 Å². The van der Waals surface area contributed by atoms with Gasteiger partial charge in [-0.2, -0.15) is 0 Å². The van der Waals surface area contributed by atoms with E-state index < -0.39 is 0 Å². The van der Waals surface area contributed by atoms with E-state index in [0.717, 1.165) is 6.42 Å². The smallest absolute Gasteiger partial charge is 0.160 e. The highest BCUT2D eigenvalue weighted by Crippen LogP contribution is 2.58. The maximum atomic E-state index is 10.4. The topological polar surface area (TPSA) is 29.5 Å². The molecule has 0 aromatic heterocycles. The molecule has 0 unspecified atom stereocenters. The van der Waals surface area contributed by atoms with Crippen molar-refractivity contribution in [2.75, 3.05) is 7.11 Å². The summed E-state index contributed by atoms with van der Waals surface area (Å²) in [6.45, 7) is 0. The van der Waals surface area contributed by atoms with E-state index in [2.05, 4.69) is 60.7 Å². The Hall–Kier alpha value is -2.74. The maximum absolute atomic E-state index is 10.4. The van der Waals surface area contributed by atoms with Crippen LogP contribution < -0.4 is 4.74 Å². The molecule has 0 saturated carbocycles. The van der Waals surface area contributed by atoms with E-state index >= 15 is 0 Å². The fourth-order valence-corrected chi connectivity index (χ4v) is 5.16. The van der Waals surface area contributed by atoms with Gasteiger partial charge in [0.1, 0.15) is 0 Å². The Morgan fingerprint density at radius 2 is 1.58 bits per heavy atom. The van der Waals surface area contributed by atoms with Gasteiger partial charge >= 0.3 is 0 Å². The number of hydrogen-bond donors (Lipinski definition) is 1. The zero-order valence-electron chi connectivity index (χ0n) is 14.9. The summed E-state index contributed by atoms with van der Waals surface area (Å²) < 4.78 is 5.43. The quantitative estimate of drug-likeness (QED) is 0.690. The van der Waals surface area contributed by atoms with Crippen molar-refractivity contribution in [3.05, 3.63) is 94.5 Å². The van der Waals surface area contributed by atoms with Crippen molar-refractivity contribution < 1.29 is 9.84 Å². The first-order valence-electron chi connectivity index (χ1n) is 9.31. The summed E-state index contributed by atoms with van der Waals surface area (Å²) in [5, 5.41) is 10.4. The number of phenolic OH excluding ortho intramolecular Hbond substituents is 1. The lowest BCUT2D eigenvalue weighted by Gasteiger charge is -2.32. The number of benzene rings is 3. The molecule has 2 aliphatic carbocycles. The van der Waals surface area contributed by atoms with Gasteiger partial charge in [-0.15, -0.1) is 0 Å². The van der Waals surface area contributed by atoms with Crippen LogP contribution in [0.4, 0.5) is 0 Å². The molecular weight excluding hydrogens is 320 g/mol. The second-order valence-corrected chi connectivity index (χ2v) is 7.42. The van der Waals surface area contributed by atoms with Crippen LogP contribution in [0.5, 0.6) is 11.5 Å². The van der Waals surface area contributed by atoms with E-state index in [1.165, 1.54) is 34.2 Å². The molecule has 0 amide bonds. The molecule has 0 fully saturated rings. The predicted octanol–water partition coefficient (Wildman–Crippen LogP) is 5.24. The average Bonchev–Trinajstić information content (AvgIpc) is 3.01. The lowest BCUT2D eigenvalue weighted by atomic mass is 9.71. The number of rotatable bonds is 2. The molecule has 0 spiro atoms. The Morgan fingerprint density at radius 3 is 2.38 bits per heavy atom. The van der Waals surface area contributed by atoms with Gasteiger partial charge in [0.25, 0.3) is 0 Å². The number of methoxy groups -OCH3 is 1. The molecule has 0 bridgehead atoms. The molecule has 0 radical (unpaired) electrons. The summed E-state index contributed by atoms with van der Waals surface area (Å²) in [6, 6.07) is 23.6. The van der Waals surface area contributed by atoms with Gasteiger partial charge in [-0.1, -0.05) is 54.6 Å². The third kappa shape index (κ3) is 2.18. The van der Waals surface area contributed by atoms with Crippen LogP contribution in [0.25, 0.3) is 0 Å². The van der Waals surface area contributed by atoms with Crippen molar-refractivity contribution in [3.63, 3.8) is 0 Å². The van der Waals surface area contributed by atoms with Gasteiger partial charge in [-0.25, -0.2) is 0 Å². The van der Waals surface area contributed by atoms with Crippen LogP contribution >= 0.6 is 0 Å². The zero-order chi connectivity index (χ0) is 17.7. The van der Waals surface area contributed by atoms with Crippen LogP contribution in [0.3, 0.4) is 0 Å². The summed E-state index contributed by atoms with van der Waals surface area (Å²) in [4.78, 5) is 0. The number of aromatic hydroxyl groups is 1. The van der Waals surface area contributed by atoms with Crippen molar-refractivity contribution in [1.82, 2.24) is 0 Å². The molecule has 26 heavy (non-hydrogen) atoms. The Kier molecular flexibility index (Phi) is 3.53. The molecule has 1 N–H and O–H groups in total. The molecule has 2 nitrogen and oxygen atoms in total. The molecule has 3 aromatic carbocycles. The van der Waals surface area contributed by atoms with E-state index in [-0.39, 0.29) is 5.75 Å². The van der Waals surface area contributed by atoms with Crippen molar-refractivity contribution in [2.24, 2.45) is 5.92 Å². The Balaban J connectivity index is 1.75. The fourth-order valence-electron chi connectivity index (χ4n) is 5.16. The van der Waals surface area contributed by atoms with Crippen LogP contribution in [-0.2, 0) is 6.42 Å². The lowest BCUT2D eigenvalue weighted by Crippen LogP contribution is -2.21. The second kappa shape index (κ2) is 5.91. The van der Waals surface area contributed by atoms with Gasteiger partial charge in [0.15, 0.2) is 11.5 Å². The highest BCUT2D eigenvalue weighted by Gasteiger charge is 2.45. The molecule has 5 rings (SSSR count). The van der Waals surface area contributed by atoms with E-state index in [0.29, 0.717) is 23.5 Å². The number of hydrogen-bond acceptors (Lipinski definition) is 2. The predicted molar refractivity (Wildman–Crippen MR) is 103 cm³/mol. The first-order valence-corrected chi connectivity index (χ1v) is 9.31. The summed E-state index contributed by atoms with van der Waals surface area (Å²) in [5.41, 5.74) is 6.79. The van der Waals surface area contributed by atoms with Crippen LogP contribution in [0, 0.1) is 5.92 Å². The Bertz CT molecular complexity index is 961. The third-order valence-electron chi connectivity index (χ3n) is 6.21. The Labute approximate surface area is 154 Å². The summed E-state index contributed by atoms with van der Waals surface area (Å²) in [6.07, 6.45) is 2.29. The first kappa shape index (κ1) is 15.5. The summed E-state index contributed by atoms with van der Waals surface area (Å²) in [7, 11) is 1.62. The molecule has 2 heteroatoms.